The molecule has 1 atom stereocenters. The molecule has 1 amide bonds. The van der Waals surface area contributed by atoms with E-state index in [1.165, 1.54) is 11.0 Å². The highest BCUT2D eigenvalue weighted by Crippen LogP contribution is 2.28. The topological polar surface area (TPSA) is 44.8 Å². The van der Waals surface area contributed by atoms with E-state index in [1.54, 1.807) is 43.4 Å². The Kier molecular flexibility index (Phi) is 6.18. The molecular weight excluding hydrogens is 393 g/mol. The van der Waals surface area contributed by atoms with Gasteiger partial charge in [0.15, 0.2) is 0 Å². The molecule has 0 aromatic heterocycles. The summed E-state index contributed by atoms with van der Waals surface area (Å²) in [6, 6.07) is 21.7. The second kappa shape index (κ2) is 9.18. The predicted octanol–water partition coefficient (Wildman–Crippen LogP) is 4.94. The third kappa shape index (κ3) is 4.70. The largest absolute Gasteiger partial charge is 0.457 e. The van der Waals surface area contributed by atoms with Crippen molar-refractivity contribution in [3.63, 3.8) is 0 Å². The third-order valence-corrected chi connectivity index (χ3v) is 5.64. The maximum absolute atomic E-state index is 14.8. The van der Waals surface area contributed by atoms with Gasteiger partial charge in [-0.15, -0.1) is 0 Å². The summed E-state index contributed by atoms with van der Waals surface area (Å²) in [4.78, 5) is 16.4. The van der Waals surface area contributed by atoms with Crippen molar-refractivity contribution in [2.75, 3.05) is 37.0 Å². The van der Waals surface area contributed by atoms with Gasteiger partial charge in [0, 0.05) is 38.9 Å². The van der Waals surface area contributed by atoms with E-state index < -0.39 is 0 Å². The maximum Gasteiger partial charge on any atom is 0.258 e. The molecule has 1 aliphatic rings. The minimum atomic E-state index is -0.319. The zero-order valence-corrected chi connectivity index (χ0v) is 17.7. The smallest absolute Gasteiger partial charge is 0.258 e. The maximum atomic E-state index is 14.8. The van der Waals surface area contributed by atoms with Gasteiger partial charge < -0.3 is 19.9 Å². The Morgan fingerprint density at radius 2 is 1.81 bits per heavy atom. The Bertz CT molecular complexity index is 1050. The standard InChI is InChI=1S/C25H26FN3O2.H2/c1-27-19-14-15-29(17-19)24-13-10-20(16-23(24)26)28(2)25(30)18-8-11-22(12-9-18)31-21-6-4-3-5-7-21;/h3-13,16,19,27H,14-15,17H2,1-2H3;1H. The highest BCUT2D eigenvalue weighted by Gasteiger charge is 2.24. The number of carbonyl (C=O) groups excluding carboxylic acids is 1. The van der Waals surface area contributed by atoms with Crippen LogP contribution in [0, 0.1) is 5.82 Å². The number of nitrogens with one attached hydrogen (secondary N) is 1. The van der Waals surface area contributed by atoms with Crippen LogP contribution in [0.2, 0.25) is 0 Å². The van der Waals surface area contributed by atoms with Gasteiger partial charge >= 0.3 is 0 Å². The molecule has 5 nitrogen and oxygen atoms in total. The van der Waals surface area contributed by atoms with Gasteiger partial charge in [0.05, 0.1) is 5.69 Å². The molecule has 0 radical (unpaired) electrons. The zero-order valence-electron chi connectivity index (χ0n) is 17.7. The summed E-state index contributed by atoms with van der Waals surface area (Å²) in [5.74, 6) is 0.843. The molecule has 6 heteroatoms. The molecule has 1 N–H and O–H groups in total. The Hall–Kier alpha value is -3.38. The molecule has 1 saturated heterocycles. The summed E-state index contributed by atoms with van der Waals surface area (Å²) in [5.41, 5.74) is 1.59. The summed E-state index contributed by atoms with van der Waals surface area (Å²) in [7, 11) is 3.58. The van der Waals surface area contributed by atoms with Crippen molar-refractivity contribution >= 4 is 17.3 Å². The lowest BCUT2D eigenvalue weighted by atomic mass is 10.1. The number of anilines is 2. The van der Waals surface area contributed by atoms with Crippen molar-refractivity contribution in [1.29, 1.82) is 0 Å². The Morgan fingerprint density at radius 1 is 1.10 bits per heavy atom. The number of para-hydroxylation sites is 1. The van der Waals surface area contributed by atoms with Gasteiger partial charge in [0.2, 0.25) is 0 Å². The fourth-order valence-electron chi connectivity index (χ4n) is 3.78. The lowest BCUT2D eigenvalue weighted by Crippen LogP contribution is -2.30. The van der Waals surface area contributed by atoms with Gasteiger partial charge in [0.1, 0.15) is 17.3 Å². The van der Waals surface area contributed by atoms with E-state index in [-0.39, 0.29) is 13.2 Å². The van der Waals surface area contributed by atoms with Crippen LogP contribution >= 0.6 is 0 Å². The van der Waals surface area contributed by atoms with Crippen molar-refractivity contribution in [1.82, 2.24) is 5.32 Å². The van der Waals surface area contributed by atoms with Crippen LogP contribution in [0.25, 0.3) is 0 Å². The van der Waals surface area contributed by atoms with Gasteiger partial charge in [0.25, 0.3) is 5.91 Å². The molecule has 3 aromatic rings. The molecule has 0 saturated carbocycles. The molecule has 0 aliphatic carbocycles. The van der Waals surface area contributed by atoms with Crippen molar-refractivity contribution in [2.24, 2.45) is 0 Å². The molecule has 1 unspecified atom stereocenters. The van der Waals surface area contributed by atoms with Gasteiger partial charge in [-0.3, -0.25) is 4.79 Å². The molecule has 0 bridgehead atoms. The first-order valence-corrected chi connectivity index (χ1v) is 10.4. The third-order valence-electron chi connectivity index (χ3n) is 5.64. The zero-order chi connectivity index (χ0) is 21.8. The molecule has 0 spiro atoms. The number of halogens is 1. The molecule has 3 aromatic carbocycles. The first-order valence-electron chi connectivity index (χ1n) is 10.4. The molecule has 4 rings (SSSR count). The normalized spacial score (nSPS) is 15.7. The average molecular weight is 422 g/mol. The van der Waals surface area contributed by atoms with E-state index in [0.717, 1.165) is 25.3 Å². The van der Waals surface area contributed by atoms with Crippen LogP contribution in [0.15, 0.2) is 72.8 Å². The second-order valence-corrected chi connectivity index (χ2v) is 7.66. The number of nitrogens with zero attached hydrogens (tertiary/aromatic N) is 2. The quantitative estimate of drug-likeness (QED) is 0.612. The molecule has 31 heavy (non-hydrogen) atoms. The second-order valence-electron chi connectivity index (χ2n) is 7.66. The van der Waals surface area contributed by atoms with Crippen LogP contribution in [-0.2, 0) is 0 Å². The Labute approximate surface area is 183 Å². The number of amides is 1. The number of carbonyl (C=O) groups is 1. The van der Waals surface area contributed by atoms with Crippen LogP contribution in [-0.4, -0.2) is 39.1 Å². The monoisotopic (exact) mass is 421 g/mol. The first kappa shape index (κ1) is 20.9. The first-order chi connectivity index (χ1) is 15.0. The van der Waals surface area contributed by atoms with E-state index in [4.69, 9.17) is 4.74 Å². The Balaban J connectivity index is 0.00000289. The van der Waals surface area contributed by atoms with Gasteiger partial charge in [-0.1, -0.05) is 18.2 Å². The highest BCUT2D eigenvalue weighted by atomic mass is 19.1. The molecular formula is C25H28FN3O2. The van der Waals surface area contributed by atoms with Crippen LogP contribution < -0.4 is 19.9 Å². The van der Waals surface area contributed by atoms with E-state index >= 15 is 0 Å². The Morgan fingerprint density at radius 3 is 2.45 bits per heavy atom. The SMILES string of the molecule is CNC1CCN(c2ccc(N(C)C(=O)c3ccc(Oc4ccccc4)cc3)cc2F)C1.[HH]. The number of likely N-dealkylation sites (N-methyl/N-ethyl adjacent to an activating group) is 1. The van der Waals surface area contributed by atoms with Crippen molar-refractivity contribution in [2.45, 2.75) is 12.5 Å². The predicted molar refractivity (Wildman–Crippen MR) is 124 cm³/mol. The summed E-state index contributed by atoms with van der Waals surface area (Å²) in [5, 5.41) is 3.24. The highest BCUT2D eigenvalue weighted by molar-refractivity contribution is 6.05. The minimum Gasteiger partial charge on any atom is -0.457 e. The minimum absolute atomic E-state index is 0. The van der Waals surface area contributed by atoms with E-state index in [2.05, 4.69) is 5.32 Å². The van der Waals surface area contributed by atoms with E-state index in [9.17, 15) is 9.18 Å². The van der Waals surface area contributed by atoms with Crippen LogP contribution in [0.3, 0.4) is 0 Å². The van der Waals surface area contributed by atoms with Gasteiger partial charge in [-0.05, 0) is 68.1 Å². The summed E-state index contributed by atoms with van der Waals surface area (Å²) in [6.07, 6.45) is 0.986. The summed E-state index contributed by atoms with van der Waals surface area (Å²) >= 11 is 0. The number of hydrogen-bond acceptors (Lipinski definition) is 4. The summed E-state index contributed by atoms with van der Waals surface area (Å²) < 4.78 is 20.6. The molecule has 1 heterocycles. The fourth-order valence-corrected chi connectivity index (χ4v) is 3.78. The lowest BCUT2D eigenvalue weighted by Gasteiger charge is -2.22. The molecule has 162 valence electrons. The number of benzene rings is 3. The van der Waals surface area contributed by atoms with Gasteiger partial charge in [-0.25, -0.2) is 4.39 Å². The average Bonchev–Trinajstić information content (AvgIpc) is 3.28. The van der Waals surface area contributed by atoms with Crippen molar-refractivity contribution in [3.8, 4) is 11.5 Å². The lowest BCUT2D eigenvalue weighted by molar-refractivity contribution is 0.0993. The van der Waals surface area contributed by atoms with Crippen LogP contribution in [0.1, 0.15) is 18.2 Å². The van der Waals surface area contributed by atoms with Crippen molar-refractivity contribution in [3.05, 3.63) is 84.2 Å². The van der Waals surface area contributed by atoms with Crippen LogP contribution in [0.5, 0.6) is 11.5 Å². The number of hydrogen-bond donors (Lipinski definition) is 1. The number of rotatable bonds is 6. The van der Waals surface area contributed by atoms with Crippen LogP contribution in [0.4, 0.5) is 15.8 Å². The van der Waals surface area contributed by atoms with E-state index in [0.29, 0.717) is 28.7 Å². The van der Waals surface area contributed by atoms with Crippen molar-refractivity contribution < 1.29 is 15.3 Å². The summed E-state index contributed by atoms with van der Waals surface area (Å²) in [6.45, 7) is 1.59. The molecule has 1 fully saturated rings. The molecule has 1 aliphatic heterocycles. The number of ether oxygens (including phenoxy) is 1. The fraction of sp³-hybridized carbons (Fsp3) is 0.240. The van der Waals surface area contributed by atoms with Gasteiger partial charge in [-0.2, -0.15) is 0 Å². The van der Waals surface area contributed by atoms with E-state index in [1.807, 2.05) is 42.3 Å².